The quantitative estimate of drug-likeness (QED) is 0.507. The number of benzene rings is 1. The largest absolute Gasteiger partial charge is 0.446 e. The third-order valence-corrected chi connectivity index (χ3v) is 8.99. The molecule has 3 aliphatic rings. The van der Waals surface area contributed by atoms with E-state index in [4.69, 9.17) is 4.74 Å². The number of amides is 3. The van der Waals surface area contributed by atoms with Crippen LogP contribution < -0.4 is 4.90 Å². The number of ether oxygens (including phenoxy) is 1. The van der Waals surface area contributed by atoms with E-state index in [-0.39, 0.29) is 24.0 Å². The van der Waals surface area contributed by atoms with E-state index in [1.807, 2.05) is 60.9 Å². The van der Waals surface area contributed by atoms with Crippen molar-refractivity contribution in [2.75, 3.05) is 57.3 Å². The molecule has 3 amide bonds. The molecule has 0 N–H and O–H groups in total. The van der Waals surface area contributed by atoms with Crippen molar-refractivity contribution in [2.24, 2.45) is 11.8 Å². The van der Waals surface area contributed by atoms with Crippen molar-refractivity contribution in [1.29, 1.82) is 0 Å². The first kappa shape index (κ1) is 29.0. The summed E-state index contributed by atoms with van der Waals surface area (Å²) >= 11 is 0. The van der Waals surface area contributed by atoms with Gasteiger partial charge in [0.15, 0.2) is 0 Å². The number of carbonyl (C=O) groups excluding carboxylic acids is 3. The minimum absolute atomic E-state index is 0.0695. The number of aryl methyl sites for hydroxylation is 3. The average Bonchev–Trinajstić information content (AvgIpc) is 3.51. The lowest BCUT2D eigenvalue weighted by atomic mass is 10.0. The molecular weight excluding hydrogens is 518 g/mol. The van der Waals surface area contributed by atoms with Crippen LogP contribution >= 0.6 is 0 Å². The number of carbonyl (C=O) groups is 3. The molecule has 0 saturated carbocycles. The summed E-state index contributed by atoms with van der Waals surface area (Å²) < 4.78 is 5.93. The minimum atomic E-state index is -0.316. The van der Waals surface area contributed by atoms with Crippen LogP contribution in [0.3, 0.4) is 0 Å². The Morgan fingerprint density at radius 2 is 1.59 bits per heavy atom. The van der Waals surface area contributed by atoms with Gasteiger partial charge in [0.2, 0.25) is 5.91 Å². The highest BCUT2D eigenvalue weighted by molar-refractivity contribution is 5.96. The second-order valence-corrected chi connectivity index (χ2v) is 12.0. The van der Waals surface area contributed by atoms with Crippen molar-refractivity contribution in [1.82, 2.24) is 19.7 Å². The van der Waals surface area contributed by atoms with Crippen molar-refractivity contribution in [3.8, 4) is 0 Å². The van der Waals surface area contributed by atoms with E-state index < -0.39 is 0 Å². The predicted molar refractivity (Wildman–Crippen MR) is 158 cm³/mol. The number of hydrogen-bond acceptors (Lipinski definition) is 6. The first-order chi connectivity index (χ1) is 19.7. The molecule has 0 radical (unpaired) electrons. The van der Waals surface area contributed by atoms with Crippen molar-refractivity contribution in [3.05, 3.63) is 58.9 Å². The molecule has 3 fully saturated rings. The number of aromatic nitrogens is 1. The number of nitrogens with zero attached hydrogens (tertiary/aromatic N) is 5. The number of fused-ring (bicyclic) bond motifs is 1. The van der Waals surface area contributed by atoms with Gasteiger partial charge < -0.3 is 19.4 Å². The number of hydrogen-bond donors (Lipinski definition) is 0. The molecule has 4 heterocycles. The van der Waals surface area contributed by atoms with E-state index in [0.717, 1.165) is 67.2 Å². The van der Waals surface area contributed by atoms with Crippen LogP contribution in [-0.2, 0) is 9.53 Å². The van der Waals surface area contributed by atoms with Crippen molar-refractivity contribution in [3.63, 3.8) is 0 Å². The summed E-state index contributed by atoms with van der Waals surface area (Å²) in [7, 11) is 0. The molecule has 41 heavy (non-hydrogen) atoms. The zero-order chi connectivity index (χ0) is 29.1. The van der Waals surface area contributed by atoms with Crippen LogP contribution in [0.2, 0.25) is 0 Å². The van der Waals surface area contributed by atoms with Gasteiger partial charge in [-0.15, -0.1) is 0 Å². The Labute approximate surface area is 243 Å². The fourth-order valence-electron chi connectivity index (χ4n) is 6.61. The van der Waals surface area contributed by atoms with Gasteiger partial charge in [0.1, 0.15) is 6.10 Å². The van der Waals surface area contributed by atoms with Gasteiger partial charge in [-0.05, 0) is 69.3 Å². The summed E-state index contributed by atoms with van der Waals surface area (Å²) in [5, 5.41) is 0. The Balaban J connectivity index is 1.13. The van der Waals surface area contributed by atoms with E-state index in [1.54, 1.807) is 18.0 Å². The molecular formula is C32H43N5O4. The Hall–Kier alpha value is -3.46. The molecule has 1 aromatic carbocycles. The topological polar surface area (TPSA) is 86.3 Å². The van der Waals surface area contributed by atoms with Gasteiger partial charge in [0.05, 0.1) is 11.3 Å². The molecule has 0 aliphatic carbocycles. The molecule has 3 aliphatic heterocycles. The third kappa shape index (κ3) is 6.72. The van der Waals surface area contributed by atoms with Crippen molar-refractivity contribution < 1.29 is 19.1 Å². The number of piperidine rings is 1. The number of likely N-dealkylation sites (tertiary alicyclic amines) is 3. The monoisotopic (exact) mass is 561 g/mol. The Morgan fingerprint density at radius 3 is 2.20 bits per heavy atom. The van der Waals surface area contributed by atoms with Crippen LogP contribution in [0.4, 0.5) is 10.5 Å². The lowest BCUT2D eigenvalue weighted by Crippen LogP contribution is -2.43. The highest BCUT2D eigenvalue weighted by Gasteiger charge is 2.42. The van der Waals surface area contributed by atoms with E-state index >= 15 is 0 Å². The Kier molecular flexibility index (Phi) is 8.92. The Bertz CT molecular complexity index is 1220. The van der Waals surface area contributed by atoms with Gasteiger partial charge in [-0.1, -0.05) is 17.7 Å². The maximum absolute atomic E-state index is 13.3. The molecule has 3 saturated heterocycles. The molecule has 2 aromatic rings. The van der Waals surface area contributed by atoms with Crippen molar-refractivity contribution >= 4 is 23.6 Å². The van der Waals surface area contributed by atoms with Gasteiger partial charge in [-0.2, -0.15) is 0 Å². The average molecular weight is 562 g/mol. The molecule has 5 rings (SSSR count). The maximum atomic E-state index is 13.3. The summed E-state index contributed by atoms with van der Waals surface area (Å²) in [5.74, 6) is 1.14. The van der Waals surface area contributed by atoms with Gasteiger partial charge in [-0.25, -0.2) is 4.79 Å². The van der Waals surface area contributed by atoms with Crippen LogP contribution in [-0.4, -0.2) is 96.1 Å². The SMILES string of the molecule is CC(=O)N1CCC(OC(=O)N(CCCN2CC3CN(C(=O)c4c(C)ccnc4C)CC3C2)c2ccc(C)cc2)CC1. The summed E-state index contributed by atoms with van der Waals surface area (Å²) in [4.78, 5) is 50.6. The molecule has 2 atom stereocenters. The van der Waals surface area contributed by atoms with Crippen LogP contribution in [0, 0.1) is 32.6 Å². The second-order valence-electron chi connectivity index (χ2n) is 12.0. The standard InChI is InChI=1S/C32H43N5O4/c1-22-6-8-28(9-7-22)37(32(40)41-29-11-16-35(17-12-29)25(4)38)15-5-14-34-18-26-20-36(21-27(26)19-34)31(39)30-23(2)10-13-33-24(30)3/h6-10,13,26-27,29H,5,11-12,14-21H2,1-4H3. The number of pyridine rings is 1. The maximum Gasteiger partial charge on any atom is 0.414 e. The molecule has 0 bridgehead atoms. The van der Waals surface area contributed by atoms with Crippen LogP contribution in [0.15, 0.2) is 36.5 Å². The van der Waals surface area contributed by atoms with E-state index in [2.05, 4.69) is 9.88 Å². The van der Waals surface area contributed by atoms with Crippen LogP contribution in [0.1, 0.15) is 53.4 Å². The van der Waals surface area contributed by atoms with E-state index in [9.17, 15) is 14.4 Å². The first-order valence-corrected chi connectivity index (χ1v) is 14.9. The van der Waals surface area contributed by atoms with E-state index in [0.29, 0.717) is 44.3 Å². The first-order valence-electron chi connectivity index (χ1n) is 14.9. The number of rotatable bonds is 7. The number of anilines is 1. The third-order valence-electron chi connectivity index (χ3n) is 8.99. The van der Waals surface area contributed by atoms with E-state index in [1.165, 1.54) is 0 Å². The zero-order valence-corrected chi connectivity index (χ0v) is 24.8. The molecule has 220 valence electrons. The molecule has 2 unspecified atom stereocenters. The van der Waals surface area contributed by atoms with Gasteiger partial charge in [0.25, 0.3) is 5.91 Å². The minimum Gasteiger partial charge on any atom is -0.446 e. The van der Waals surface area contributed by atoms with Gasteiger partial charge in [0, 0.05) is 77.5 Å². The highest BCUT2D eigenvalue weighted by Crippen LogP contribution is 2.32. The lowest BCUT2D eigenvalue weighted by Gasteiger charge is -2.32. The fourth-order valence-corrected chi connectivity index (χ4v) is 6.61. The lowest BCUT2D eigenvalue weighted by molar-refractivity contribution is -0.130. The molecule has 9 heteroatoms. The van der Waals surface area contributed by atoms with Crippen LogP contribution in [0.25, 0.3) is 0 Å². The highest BCUT2D eigenvalue weighted by atomic mass is 16.6. The molecule has 1 aromatic heterocycles. The smallest absolute Gasteiger partial charge is 0.414 e. The zero-order valence-electron chi connectivity index (χ0n) is 24.8. The molecule has 0 spiro atoms. The Morgan fingerprint density at radius 1 is 0.927 bits per heavy atom. The summed E-state index contributed by atoms with van der Waals surface area (Å²) in [6.07, 6.45) is 3.45. The van der Waals surface area contributed by atoms with Gasteiger partial charge >= 0.3 is 6.09 Å². The van der Waals surface area contributed by atoms with Crippen LogP contribution in [0.5, 0.6) is 0 Å². The summed E-state index contributed by atoms with van der Waals surface area (Å²) in [6.45, 7) is 13.8. The summed E-state index contributed by atoms with van der Waals surface area (Å²) in [6, 6.07) is 9.90. The summed E-state index contributed by atoms with van der Waals surface area (Å²) in [5.41, 5.74) is 4.52. The normalized spacial score (nSPS) is 21.2. The molecule has 9 nitrogen and oxygen atoms in total. The fraction of sp³-hybridized carbons (Fsp3) is 0.562. The predicted octanol–water partition coefficient (Wildman–Crippen LogP) is 4.05. The van der Waals surface area contributed by atoms with Gasteiger partial charge in [-0.3, -0.25) is 19.5 Å². The second kappa shape index (κ2) is 12.6. The van der Waals surface area contributed by atoms with Crippen molar-refractivity contribution in [2.45, 2.75) is 53.1 Å².